The average Bonchev–Trinajstić information content (AvgIpc) is 2.70. The van der Waals surface area contributed by atoms with E-state index < -0.39 is 0 Å². The number of rotatable bonds is 7. The smallest absolute Gasteiger partial charge is 0.0246 e. The van der Waals surface area contributed by atoms with Crippen LogP contribution in [-0.4, -0.2) is 62.2 Å². The molecule has 1 rings (SSSR count). The van der Waals surface area contributed by atoms with Gasteiger partial charge in [-0.05, 0) is 39.4 Å². The Hall–Kier alpha value is -0.120. The molecule has 0 bridgehead atoms. The molecule has 1 aliphatic heterocycles. The normalized spacial score (nSPS) is 23.8. The van der Waals surface area contributed by atoms with E-state index >= 15 is 0 Å². The maximum atomic E-state index is 3.65. The predicted molar refractivity (Wildman–Crippen MR) is 75.5 cm³/mol. The first-order chi connectivity index (χ1) is 8.04. The van der Waals surface area contributed by atoms with Crippen molar-refractivity contribution in [2.75, 3.05) is 40.3 Å². The number of nitrogens with one attached hydrogen (secondary N) is 1. The van der Waals surface area contributed by atoms with Crippen molar-refractivity contribution >= 4 is 0 Å². The second-order valence-electron chi connectivity index (χ2n) is 6.01. The quantitative estimate of drug-likeness (QED) is 0.731. The standard InChI is InChI=1S/C14H31N3/c1-6-8-15-13-7-9-17(10-13)14(12(2)3)11-16(4)5/h12-15H,6-11H2,1-5H3. The Bertz CT molecular complexity index is 204. The van der Waals surface area contributed by atoms with Crippen LogP contribution in [0, 0.1) is 5.92 Å². The van der Waals surface area contributed by atoms with Crippen molar-refractivity contribution in [3.8, 4) is 0 Å². The molecule has 1 aliphatic rings. The van der Waals surface area contributed by atoms with Crippen LogP contribution in [0.25, 0.3) is 0 Å². The molecule has 102 valence electrons. The molecular formula is C14H31N3. The highest BCUT2D eigenvalue weighted by molar-refractivity contribution is 4.87. The van der Waals surface area contributed by atoms with Crippen molar-refractivity contribution in [2.24, 2.45) is 5.92 Å². The number of nitrogens with zero attached hydrogens (tertiary/aromatic N) is 2. The van der Waals surface area contributed by atoms with Crippen LogP contribution in [0.3, 0.4) is 0 Å². The molecule has 0 aromatic carbocycles. The molecule has 1 heterocycles. The highest BCUT2D eigenvalue weighted by atomic mass is 15.2. The summed E-state index contributed by atoms with van der Waals surface area (Å²) in [6.07, 6.45) is 2.55. The minimum atomic E-state index is 0.707. The average molecular weight is 241 g/mol. The molecule has 2 unspecified atom stereocenters. The SMILES string of the molecule is CCCNC1CCN(C(CN(C)C)C(C)C)C1. The molecule has 0 aliphatic carbocycles. The van der Waals surface area contributed by atoms with Gasteiger partial charge in [-0.15, -0.1) is 0 Å². The van der Waals surface area contributed by atoms with E-state index in [1.54, 1.807) is 0 Å². The van der Waals surface area contributed by atoms with Crippen LogP contribution < -0.4 is 5.32 Å². The Morgan fingerprint density at radius 3 is 2.59 bits per heavy atom. The summed E-state index contributed by atoms with van der Waals surface area (Å²) in [5, 5.41) is 3.65. The summed E-state index contributed by atoms with van der Waals surface area (Å²) in [5.74, 6) is 0.738. The number of hydrogen-bond acceptors (Lipinski definition) is 3. The van der Waals surface area contributed by atoms with Crippen molar-refractivity contribution in [1.29, 1.82) is 0 Å². The van der Waals surface area contributed by atoms with Gasteiger partial charge in [0.25, 0.3) is 0 Å². The molecule has 0 aromatic heterocycles. The minimum Gasteiger partial charge on any atom is -0.313 e. The zero-order chi connectivity index (χ0) is 12.8. The van der Waals surface area contributed by atoms with Crippen LogP contribution in [-0.2, 0) is 0 Å². The van der Waals surface area contributed by atoms with Crippen LogP contribution in [0.1, 0.15) is 33.6 Å². The number of likely N-dealkylation sites (tertiary alicyclic amines) is 1. The lowest BCUT2D eigenvalue weighted by molar-refractivity contribution is 0.149. The number of hydrogen-bond donors (Lipinski definition) is 1. The summed E-state index contributed by atoms with van der Waals surface area (Å²) in [7, 11) is 4.36. The third kappa shape index (κ3) is 4.94. The molecule has 2 atom stereocenters. The monoisotopic (exact) mass is 241 g/mol. The Balaban J connectivity index is 2.42. The van der Waals surface area contributed by atoms with E-state index in [-0.39, 0.29) is 0 Å². The van der Waals surface area contributed by atoms with E-state index in [9.17, 15) is 0 Å². The number of likely N-dealkylation sites (N-methyl/N-ethyl adjacent to an activating group) is 1. The highest BCUT2D eigenvalue weighted by Crippen LogP contribution is 2.18. The first-order valence-electron chi connectivity index (χ1n) is 7.16. The second kappa shape index (κ2) is 7.34. The van der Waals surface area contributed by atoms with Crippen molar-refractivity contribution in [3.05, 3.63) is 0 Å². The van der Waals surface area contributed by atoms with Crippen molar-refractivity contribution < 1.29 is 0 Å². The van der Waals surface area contributed by atoms with Gasteiger partial charge in [0.05, 0.1) is 0 Å². The zero-order valence-electron chi connectivity index (χ0n) is 12.4. The molecule has 17 heavy (non-hydrogen) atoms. The van der Waals surface area contributed by atoms with Crippen LogP contribution in [0.5, 0.6) is 0 Å². The summed E-state index contributed by atoms with van der Waals surface area (Å²) in [4.78, 5) is 5.00. The lowest BCUT2D eigenvalue weighted by atomic mass is 10.0. The molecule has 1 saturated heterocycles. The molecule has 1 N–H and O–H groups in total. The van der Waals surface area contributed by atoms with Gasteiger partial charge in [-0.2, -0.15) is 0 Å². The van der Waals surface area contributed by atoms with Gasteiger partial charge in [0.1, 0.15) is 0 Å². The fourth-order valence-electron chi connectivity index (χ4n) is 2.73. The summed E-state index contributed by atoms with van der Waals surface area (Å²) < 4.78 is 0. The molecule has 0 spiro atoms. The van der Waals surface area contributed by atoms with Gasteiger partial charge in [0, 0.05) is 31.7 Å². The fraction of sp³-hybridized carbons (Fsp3) is 1.00. The second-order valence-corrected chi connectivity index (χ2v) is 6.01. The van der Waals surface area contributed by atoms with E-state index in [0.29, 0.717) is 6.04 Å². The Kier molecular flexibility index (Phi) is 6.45. The van der Waals surface area contributed by atoms with Gasteiger partial charge in [-0.1, -0.05) is 20.8 Å². The maximum absolute atomic E-state index is 3.65. The summed E-state index contributed by atoms with van der Waals surface area (Å²) >= 11 is 0. The first-order valence-corrected chi connectivity index (χ1v) is 7.16. The molecule has 0 radical (unpaired) electrons. The molecule has 1 fully saturated rings. The van der Waals surface area contributed by atoms with Crippen molar-refractivity contribution in [3.63, 3.8) is 0 Å². The molecule has 3 heteroatoms. The molecule has 0 aromatic rings. The van der Waals surface area contributed by atoms with Crippen LogP contribution in [0.2, 0.25) is 0 Å². The third-order valence-electron chi connectivity index (χ3n) is 3.69. The van der Waals surface area contributed by atoms with E-state index in [2.05, 4.69) is 50.0 Å². The fourth-order valence-corrected chi connectivity index (χ4v) is 2.73. The van der Waals surface area contributed by atoms with Gasteiger partial charge in [0.15, 0.2) is 0 Å². The van der Waals surface area contributed by atoms with Gasteiger partial charge in [0.2, 0.25) is 0 Å². The summed E-state index contributed by atoms with van der Waals surface area (Å²) in [6.45, 7) is 11.8. The first kappa shape index (κ1) is 14.9. The van der Waals surface area contributed by atoms with Crippen LogP contribution in [0.15, 0.2) is 0 Å². The third-order valence-corrected chi connectivity index (χ3v) is 3.69. The van der Waals surface area contributed by atoms with Gasteiger partial charge in [-0.3, -0.25) is 4.90 Å². The Morgan fingerprint density at radius 2 is 2.06 bits per heavy atom. The Morgan fingerprint density at radius 1 is 1.35 bits per heavy atom. The highest BCUT2D eigenvalue weighted by Gasteiger charge is 2.29. The van der Waals surface area contributed by atoms with Crippen LogP contribution >= 0.6 is 0 Å². The Labute approximate surface area is 108 Å². The largest absolute Gasteiger partial charge is 0.313 e. The van der Waals surface area contributed by atoms with E-state index in [1.165, 1.54) is 39.0 Å². The minimum absolute atomic E-state index is 0.707. The van der Waals surface area contributed by atoms with Gasteiger partial charge in [-0.25, -0.2) is 0 Å². The van der Waals surface area contributed by atoms with Crippen LogP contribution in [0.4, 0.5) is 0 Å². The van der Waals surface area contributed by atoms with Crippen molar-refractivity contribution in [2.45, 2.75) is 45.7 Å². The molecule has 0 amide bonds. The summed E-state index contributed by atoms with van der Waals surface area (Å²) in [6, 6.07) is 1.43. The molecular weight excluding hydrogens is 210 g/mol. The lowest BCUT2D eigenvalue weighted by Gasteiger charge is -2.33. The zero-order valence-corrected chi connectivity index (χ0v) is 12.4. The van der Waals surface area contributed by atoms with E-state index in [4.69, 9.17) is 0 Å². The maximum Gasteiger partial charge on any atom is 0.0246 e. The van der Waals surface area contributed by atoms with E-state index in [1.807, 2.05) is 0 Å². The van der Waals surface area contributed by atoms with Crippen molar-refractivity contribution in [1.82, 2.24) is 15.1 Å². The van der Waals surface area contributed by atoms with Gasteiger partial charge < -0.3 is 10.2 Å². The predicted octanol–water partition coefficient (Wildman–Crippen LogP) is 1.65. The van der Waals surface area contributed by atoms with E-state index in [0.717, 1.165) is 12.0 Å². The van der Waals surface area contributed by atoms with Gasteiger partial charge >= 0.3 is 0 Å². The molecule has 3 nitrogen and oxygen atoms in total. The molecule has 0 saturated carbocycles. The topological polar surface area (TPSA) is 18.5 Å². The summed E-state index contributed by atoms with van der Waals surface area (Å²) in [5.41, 5.74) is 0. The lowest BCUT2D eigenvalue weighted by Crippen LogP contribution is -2.45.